The fraction of sp³-hybridized carbons (Fsp3) is 0.500. The zero-order chi connectivity index (χ0) is 14.1. The molecule has 0 aliphatic heterocycles. The molecule has 1 amide bonds. The normalized spacial score (nSPS) is 11.9. The predicted molar refractivity (Wildman–Crippen MR) is 80.4 cm³/mol. The third kappa shape index (κ3) is 6.07. The van der Waals surface area contributed by atoms with Crippen molar-refractivity contribution in [3.05, 3.63) is 28.7 Å². The molecule has 4 nitrogen and oxygen atoms in total. The first-order valence-electron chi connectivity index (χ1n) is 6.54. The molecule has 0 fully saturated rings. The first-order valence-corrected chi connectivity index (χ1v) is 7.34. The van der Waals surface area contributed by atoms with Crippen LogP contribution in [0.15, 0.2) is 28.7 Å². The van der Waals surface area contributed by atoms with Crippen LogP contribution in [0, 0.1) is 0 Å². The number of halogens is 1. The Bertz CT molecular complexity index is 399. The highest BCUT2D eigenvalue weighted by molar-refractivity contribution is 9.10. The fourth-order valence-electron chi connectivity index (χ4n) is 1.50. The van der Waals surface area contributed by atoms with Crippen molar-refractivity contribution in [2.24, 2.45) is 0 Å². The topological polar surface area (TPSA) is 50.4 Å². The van der Waals surface area contributed by atoms with Gasteiger partial charge in [0.05, 0.1) is 4.47 Å². The molecule has 5 heteroatoms. The minimum atomic E-state index is -0.509. The smallest absolute Gasteiger partial charge is 0.260 e. The van der Waals surface area contributed by atoms with Crippen LogP contribution < -0.4 is 15.4 Å². The van der Waals surface area contributed by atoms with Gasteiger partial charge in [0.1, 0.15) is 5.75 Å². The highest BCUT2D eigenvalue weighted by Gasteiger charge is 2.14. The molecule has 0 saturated carbocycles. The lowest BCUT2D eigenvalue weighted by Gasteiger charge is -2.15. The molecule has 0 heterocycles. The van der Waals surface area contributed by atoms with Gasteiger partial charge in [-0.05, 0) is 48.0 Å². The average molecular weight is 329 g/mol. The summed E-state index contributed by atoms with van der Waals surface area (Å²) in [6, 6.07) is 7.49. The molecule has 0 radical (unpaired) electrons. The van der Waals surface area contributed by atoms with Gasteiger partial charge >= 0.3 is 0 Å². The second-order valence-electron chi connectivity index (χ2n) is 4.23. The van der Waals surface area contributed by atoms with Gasteiger partial charge in [0.15, 0.2) is 6.10 Å². The molecular weight excluding hydrogens is 308 g/mol. The van der Waals surface area contributed by atoms with Crippen LogP contribution in [0.4, 0.5) is 0 Å². The summed E-state index contributed by atoms with van der Waals surface area (Å²) < 4.78 is 6.45. The number of carbonyl (C=O) groups is 1. The first kappa shape index (κ1) is 16.0. The van der Waals surface area contributed by atoms with E-state index in [9.17, 15) is 4.79 Å². The van der Waals surface area contributed by atoms with E-state index in [1.54, 1.807) is 6.92 Å². The van der Waals surface area contributed by atoms with E-state index in [4.69, 9.17) is 4.74 Å². The Morgan fingerprint density at radius 1 is 1.32 bits per heavy atom. The SMILES string of the molecule is CCCNCCNC(=O)C(C)Oc1ccccc1Br. The number of hydrogen-bond acceptors (Lipinski definition) is 3. The summed E-state index contributed by atoms with van der Waals surface area (Å²) in [7, 11) is 0. The van der Waals surface area contributed by atoms with Crippen LogP contribution in [0.25, 0.3) is 0 Å². The van der Waals surface area contributed by atoms with Gasteiger partial charge in [-0.25, -0.2) is 0 Å². The van der Waals surface area contributed by atoms with E-state index in [1.165, 1.54) is 0 Å². The second kappa shape index (κ2) is 8.93. The van der Waals surface area contributed by atoms with E-state index in [1.807, 2.05) is 24.3 Å². The zero-order valence-electron chi connectivity index (χ0n) is 11.4. The predicted octanol–water partition coefficient (Wildman–Crippen LogP) is 2.33. The van der Waals surface area contributed by atoms with Gasteiger partial charge in [0, 0.05) is 13.1 Å². The zero-order valence-corrected chi connectivity index (χ0v) is 13.0. The summed E-state index contributed by atoms with van der Waals surface area (Å²) >= 11 is 3.39. The Morgan fingerprint density at radius 2 is 2.05 bits per heavy atom. The molecule has 0 bridgehead atoms. The minimum absolute atomic E-state index is 0.103. The van der Waals surface area contributed by atoms with Gasteiger partial charge in [0.25, 0.3) is 5.91 Å². The van der Waals surface area contributed by atoms with Gasteiger partial charge in [-0.15, -0.1) is 0 Å². The van der Waals surface area contributed by atoms with Crippen LogP contribution in [0.3, 0.4) is 0 Å². The number of hydrogen-bond donors (Lipinski definition) is 2. The number of benzene rings is 1. The molecule has 1 aromatic rings. The quantitative estimate of drug-likeness (QED) is 0.720. The number of ether oxygens (including phenoxy) is 1. The van der Waals surface area contributed by atoms with Crippen molar-refractivity contribution in [2.45, 2.75) is 26.4 Å². The molecule has 2 N–H and O–H groups in total. The summed E-state index contributed by atoms with van der Waals surface area (Å²) in [4.78, 5) is 11.8. The average Bonchev–Trinajstić information content (AvgIpc) is 2.41. The van der Waals surface area contributed by atoms with E-state index in [-0.39, 0.29) is 5.91 Å². The van der Waals surface area contributed by atoms with Crippen molar-refractivity contribution in [2.75, 3.05) is 19.6 Å². The summed E-state index contributed by atoms with van der Waals surface area (Å²) in [6.45, 7) is 6.22. The maximum absolute atomic E-state index is 11.8. The highest BCUT2D eigenvalue weighted by atomic mass is 79.9. The van der Waals surface area contributed by atoms with E-state index in [0.717, 1.165) is 24.0 Å². The van der Waals surface area contributed by atoms with E-state index in [2.05, 4.69) is 33.5 Å². The number of nitrogens with one attached hydrogen (secondary N) is 2. The fourth-order valence-corrected chi connectivity index (χ4v) is 1.88. The molecule has 0 aromatic heterocycles. The van der Waals surface area contributed by atoms with Gasteiger partial charge in [-0.1, -0.05) is 19.1 Å². The molecule has 0 aliphatic carbocycles. The van der Waals surface area contributed by atoms with E-state index >= 15 is 0 Å². The van der Waals surface area contributed by atoms with Crippen LogP contribution in [0.1, 0.15) is 20.3 Å². The molecule has 1 rings (SSSR count). The standard InChI is InChI=1S/C14H21BrN2O2/c1-3-8-16-9-10-17-14(18)11(2)19-13-7-5-4-6-12(13)15/h4-7,11,16H,3,8-10H2,1-2H3,(H,17,18). The summed E-state index contributed by atoms with van der Waals surface area (Å²) in [5, 5.41) is 6.06. The van der Waals surface area contributed by atoms with Crippen LogP contribution >= 0.6 is 15.9 Å². The van der Waals surface area contributed by atoms with Crippen LogP contribution in [0.2, 0.25) is 0 Å². The van der Waals surface area contributed by atoms with E-state index < -0.39 is 6.10 Å². The monoisotopic (exact) mass is 328 g/mol. The lowest BCUT2D eigenvalue weighted by molar-refractivity contribution is -0.127. The van der Waals surface area contributed by atoms with Crippen molar-refractivity contribution >= 4 is 21.8 Å². The number of rotatable bonds is 8. The summed E-state index contributed by atoms with van der Waals surface area (Å²) in [5.74, 6) is 0.573. The molecule has 1 unspecified atom stereocenters. The maximum Gasteiger partial charge on any atom is 0.260 e. The Hall–Kier alpha value is -1.07. The van der Waals surface area contributed by atoms with E-state index in [0.29, 0.717) is 12.3 Å². The van der Waals surface area contributed by atoms with Gasteiger partial charge < -0.3 is 15.4 Å². The van der Waals surface area contributed by atoms with Crippen molar-refractivity contribution in [3.63, 3.8) is 0 Å². The van der Waals surface area contributed by atoms with Crippen molar-refractivity contribution in [3.8, 4) is 5.75 Å². The molecule has 0 saturated heterocycles. The number of carbonyl (C=O) groups excluding carboxylic acids is 1. The maximum atomic E-state index is 11.8. The Kier molecular flexibility index (Phi) is 7.52. The molecule has 1 atom stereocenters. The summed E-state index contributed by atoms with van der Waals surface area (Å²) in [6.07, 6.45) is 0.583. The van der Waals surface area contributed by atoms with Crippen LogP contribution in [0.5, 0.6) is 5.75 Å². The molecule has 19 heavy (non-hydrogen) atoms. The Morgan fingerprint density at radius 3 is 2.74 bits per heavy atom. The number of para-hydroxylation sites is 1. The molecule has 0 spiro atoms. The molecular formula is C14H21BrN2O2. The second-order valence-corrected chi connectivity index (χ2v) is 5.09. The van der Waals surface area contributed by atoms with Crippen molar-refractivity contribution in [1.29, 1.82) is 0 Å². The van der Waals surface area contributed by atoms with Crippen molar-refractivity contribution in [1.82, 2.24) is 10.6 Å². The van der Waals surface area contributed by atoms with Crippen molar-refractivity contribution < 1.29 is 9.53 Å². The largest absolute Gasteiger partial charge is 0.480 e. The third-order valence-corrected chi connectivity index (χ3v) is 3.19. The van der Waals surface area contributed by atoms with Gasteiger partial charge in [-0.2, -0.15) is 0 Å². The lowest BCUT2D eigenvalue weighted by Crippen LogP contribution is -2.39. The molecule has 1 aromatic carbocycles. The number of amides is 1. The summed E-state index contributed by atoms with van der Waals surface area (Å²) in [5.41, 5.74) is 0. The lowest BCUT2D eigenvalue weighted by atomic mass is 10.3. The minimum Gasteiger partial charge on any atom is -0.480 e. The van der Waals surface area contributed by atoms with Crippen LogP contribution in [-0.4, -0.2) is 31.6 Å². The van der Waals surface area contributed by atoms with Gasteiger partial charge in [0.2, 0.25) is 0 Å². The van der Waals surface area contributed by atoms with Crippen LogP contribution in [-0.2, 0) is 4.79 Å². The third-order valence-electron chi connectivity index (χ3n) is 2.54. The highest BCUT2D eigenvalue weighted by Crippen LogP contribution is 2.24. The van der Waals surface area contributed by atoms with Gasteiger partial charge in [-0.3, -0.25) is 4.79 Å². The Labute approximate surface area is 123 Å². The molecule has 0 aliphatic rings. The molecule has 106 valence electrons. The first-order chi connectivity index (χ1) is 9.15. The Balaban J connectivity index is 2.31.